The Morgan fingerprint density at radius 3 is 2.86 bits per heavy atom. The molecule has 0 amide bonds. The Balaban J connectivity index is 2.92. The first-order chi connectivity index (χ1) is 6.65. The van der Waals surface area contributed by atoms with Gasteiger partial charge in [-0.1, -0.05) is 25.1 Å². The summed E-state index contributed by atoms with van der Waals surface area (Å²) in [6, 6.07) is 5.27. The highest BCUT2D eigenvalue weighted by molar-refractivity contribution is 5.93. The lowest BCUT2D eigenvalue weighted by molar-refractivity contribution is -0.114. The van der Waals surface area contributed by atoms with E-state index in [0.717, 1.165) is 11.1 Å². The molecule has 1 N–H and O–H groups in total. The Labute approximate surface area is 83.9 Å². The smallest absolute Gasteiger partial charge is 0.155 e. The largest absolute Gasteiger partial charge is 0.508 e. The fourth-order valence-corrected chi connectivity index (χ4v) is 1.12. The summed E-state index contributed by atoms with van der Waals surface area (Å²) in [6.45, 7) is 3.65. The highest BCUT2D eigenvalue weighted by Gasteiger charge is 1.99. The fraction of sp³-hybridized carbons (Fsp3) is 0.250. The minimum absolute atomic E-state index is 0.0905. The third-order valence-corrected chi connectivity index (χ3v) is 2.14. The first kappa shape index (κ1) is 10.5. The predicted molar refractivity (Wildman–Crippen MR) is 57.2 cm³/mol. The van der Waals surface area contributed by atoms with E-state index in [-0.39, 0.29) is 11.5 Å². The van der Waals surface area contributed by atoms with Crippen molar-refractivity contribution in [2.24, 2.45) is 0 Å². The molecule has 2 nitrogen and oxygen atoms in total. The quantitative estimate of drug-likeness (QED) is 0.744. The Morgan fingerprint density at radius 1 is 1.50 bits per heavy atom. The second-order valence-corrected chi connectivity index (χ2v) is 3.14. The van der Waals surface area contributed by atoms with Gasteiger partial charge in [0, 0.05) is 6.42 Å². The van der Waals surface area contributed by atoms with Gasteiger partial charge in [0.1, 0.15) is 5.75 Å². The van der Waals surface area contributed by atoms with Gasteiger partial charge in [-0.3, -0.25) is 4.79 Å². The molecule has 0 fully saturated rings. The van der Waals surface area contributed by atoms with E-state index in [1.807, 2.05) is 19.9 Å². The van der Waals surface area contributed by atoms with Crippen LogP contribution in [-0.4, -0.2) is 10.9 Å². The van der Waals surface area contributed by atoms with Crippen molar-refractivity contribution >= 4 is 11.9 Å². The number of benzene rings is 1. The van der Waals surface area contributed by atoms with Crippen LogP contribution >= 0.6 is 0 Å². The van der Waals surface area contributed by atoms with E-state index in [2.05, 4.69) is 0 Å². The standard InChI is InChI=1S/C12H14O2/c1-3-11(13)8-7-10-5-4-6-12(14)9(10)2/h4-8,14H,3H2,1-2H3/b8-7-. The molecule has 0 saturated carbocycles. The molecule has 1 aromatic rings. The number of allylic oxidation sites excluding steroid dienone is 1. The van der Waals surface area contributed by atoms with Crippen LogP contribution in [0.25, 0.3) is 6.08 Å². The van der Waals surface area contributed by atoms with Crippen molar-refractivity contribution in [1.82, 2.24) is 0 Å². The predicted octanol–water partition coefficient (Wildman–Crippen LogP) is 2.69. The minimum atomic E-state index is 0.0905. The average Bonchev–Trinajstić information content (AvgIpc) is 2.20. The van der Waals surface area contributed by atoms with Crippen molar-refractivity contribution in [2.45, 2.75) is 20.3 Å². The van der Waals surface area contributed by atoms with Crippen LogP contribution < -0.4 is 0 Å². The summed E-state index contributed by atoms with van der Waals surface area (Å²) in [5.41, 5.74) is 1.68. The molecule has 74 valence electrons. The lowest BCUT2D eigenvalue weighted by Crippen LogP contribution is -1.88. The lowest BCUT2D eigenvalue weighted by atomic mass is 10.1. The number of carbonyl (C=O) groups excluding carboxylic acids is 1. The molecule has 0 aromatic heterocycles. The minimum Gasteiger partial charge on any atom is -0.508 e. The SMILES string of the molecule is CCC(=O)/C=C\c1cccc(O)c1C. The van der Waals surface area contributed by atoms with Crippen LogP contribution in [0.15, 0.2) is 24.3 Å². The Kier molecular flexibility index (Phi) is 3.46. The Bertz CT molecular complexity index is 365. The highest BCUT2D eigenvalue weighted by Crippen LogP contribution is 2.20. The van der Waals surface area contributed by atoms with Crippen LogP contribution in [0, 0.1) is 6.92 Å². The molecule has 0 aliphatic heterocycles. The number of ketones is 1. The van der Waals surface area contributed by atoms with Gasteiger partial charge in [-0.15, -0.1) is 0 Å². The Hall–Kier alpha value is -1.57. The molecule has 0 aliphatic rings. The summed E-state index contributed by atoms with van der Waals surface area (Å²) in [7, 11) is 0. The van der Waals surface area contributed by atoms with Crippen LogP contribution in [-0.2, 0) is 4.79 Å². The van der Waals surface area contributed by atoms with Crippen molar-refractivity contribution in [3.63, 3.8) is 0 Å². The maximum atomic E-state index is 11.0. The van der Waals surface area contributed by atoms with Crippen LogP contribution in [0.3, 0.4) is 0 Å². The molecule has 0 bridgehead atoms. The summed E-state index contributed by atoms with van der Waals surface area (Å²) in [6.07, 6.45) is 3.79. The zero-order valence-electron chi connectivity index (χ0n) is 8.45. The summed E-state index contributed by atoms with van der Waals surface area (Å²) in [4.78, 5) is 11.0. The van der Waals surface area contributed by atoms with Gasteiger partial charge in [0.05, 0.1) is 0 Å². The molecule has 0 unspecified atom stereocenters. The third-order valence-electron chi connectivity index (χ3n) is 2.14. The summed E-state index contributed by atoms with van der Waals surface area (Å²) in [5, 5.41) is 9.40. The number of aromatic hydroxyl groups is 1. The van der Waals surface area contributed by atoms with E-state index >= 15 is 0 Å². The second kappa shape index (κ2) is 4.61. The number of phenolic OH excluding ortho intramolecular Hbond substituents is 1. The van der Waals surface area contributed by atoms with Crippen molar-refractivity contribution in [2.75, 3.05) is 0 Å². The Morgan fingerprint density at radius 2 is 2.21 bits per heavy atom. The van der Waals surface area contributed by atoms with Gasteiger partial charge >= 0.3 is 0 Å². The lowest BCUT2D eigenvalue weighted by Gasteiger charge is -2.01. The normalized spacial score (nSPS) is 10.7. The van der Waals surface area contributed by atoms with Crippen molar-refractivity contribution in [3.05, 3.63) is 35.4 Å². The summed E-state index contributed by atoms with van der Waals surface area (Å²) in [5.74, 6) is 0.351. The third kappa shape index (κ3) is 2.46. The highest BCUT2D eigenvalue weighted by atomic mass is 16.3. The van der Waals surface area contributed by atoms with Crippen molar-refractivity contribution < 1.29 is 9.90 Å². The van der Waals surface area contributed by atoms with Gasteiger partial charge in [0.25, 0.3) is 0 Å². The molecule has 0 spiro atoms. The van der Waals surface area contributed by atoms with Crippen LogP contribution in [0.1, 0.15) is 24.5 Å². The van der Waals surface area contributed by atoms with Crippen LogP contribution in [0.2, 0.25) is 0 Å². The molecule has 2 heteroatoms. The monoisotopic (exact) mass is 190 g/mol. The van der Waals surface area contributed by atoms with Crippen molar-refractivity contribution in [1.29, 1.82) is 0 Å². The summed E-state index contributed by atoms with van der Waals surface area (Å²) < 4.78 is 0. The zero-order valence-corrected chi connectivity index (χ0v) is 8.45. The second-order valence-electron chi connectivity index (χ2n) is 3.14. The maximum absolute atomic E-state index is 11.0. The molecule has 0 saturated heterocycles. The number of hydrogen-bond donors (Lipinski definition) is 1. The van der Waals surface area contributed by atoms with E-state index in [1.54, 1.807) is 24.3 Å². The summed E-state index contributed by atoms with van der Waals surface area (Å²) >= 11 is 0. The molecule has 0 heterocycles. The van der Waals surface area contributed by atoms with Gasteiger partial charge < -0.3 is 5.11 Å². The van der Waals surface area contributed by atoms with E-state index in [0.29, 0.717) is 6.42 Å². The molecule has 14 heavy (non-hydrogen) atoms. The fourth-order valence-electron chi connectivity index (χ4n) is 1.12. The van der Waals surface area contributed by atoms with Crippen LogP contribution in [0.5, 0.6) is 5.75 Å². The van der Waals surface area contributed by atoms with E-state index in [9.17, 15) is 9.90 Å². The van der Waals surface area contributed by atoms with E-state index in [1.165, 1.54) is 0 Å². The zero-order chi connectivity index (χ0) is 10.6. The number of carbonyl (C=O) groups is 1. The van der Waals surface area contributed by atoms with Gasteiger partial charge in [-0.25, -0.2) is 0 Å². The molecular formula is C12H14O2. The first-order valence-corrected chi connectivity index (χ1v) is 4.64. The van der Waals surface area contributed by atoms with E-state index in [4.69, 9.17) is 0 Å². The van der Waals surface area contributed by atoms with Gasteiger partial charge in [0.2, 0.25) is 0 Å². The molecule has 0 atom stereocenters. The number of phenols is 1. The molecule has 1 rings (SSSR count). The average molecular weight is 190 g/mol. The van der Waals surface area contributed by atoms with Gasteiger partial charge in [-0.2, -0.15) is 0 Å². The van der Waals surface area contributed by atoms with Crippen LogP contribution in [0.4, 0.5) is 0 Å². The molecule has 1 aromatic carbocycles. The topological polar surface area (TPSA) is 37.3 Å². The van der Waals surface area contributed by atoms with E-state index < -0.39 is 0 Å². The van der Waals surface area contributed by atoms with Gasteiger partial charge in [0.15, 0.2) is 5.78 Å². The van der Waals surface area contributed by atoms with Gasteiger partial charge in [-0.05, 0) is 30.2 Å². The molecular weight excluding hydrogens is 176 g/mol. The van der Waals surface area contributed by atoms with Crippen molar-refractivity contribution in [3.8, 4) is 5.75 Å². The number of rotatable bonds is 3. The molecule has 0 aliphatic carbocycles. The molecule has 0 radical (unpaired) electrons. The number of hydrogen-bond acceptors (Lipinski definition) is 2. The first-order valence-electron chi connectivity index (χ1n) is 4.64. The maximum Gasteiger partial charge on any atom is 0.155 e.